The molecule has 0 atom stereocenters. The summed E-state index contributed by atoms with van der Waals surface area (Å²) in [5.74, 6) is 0.379. The third-order valence-corrected chi connectivity index (χ3v) is 4.04. The van der Waals surface area contributed by atoms with Gasteiger partial charge in [-0.15, -0.1) is 0 Å². The van der Waals surface area contributed by atoms with Crippen molar-refractivity contribution in [3.05, 3.63) is 47.0 Å². The first-order valence-corrected chi connectivity index (χ1v) is 8.52. The molecule has 0 bridgehead atoms. The topological polar surface area (TPSA) is 79.5 Å². The summed E-state index contributed by atoms with van der Waals surface area (Å²) in [5, 5.41) is 9.31. The molecule has 0 fully saturated rings. The number of ether oxygens (including phenoxy) is 1. The summed E-state index contributed by atoms with van der Waals surface area (Å²) in [6, 6.07) is 10.6. The highest BCUT2D eigenvalue weighted by Crippen LogP contribution is 2.30. The second-order valence-corrected chi connectivity index (χ2v) is 6.19. The number of rotatable bonds is 7. The number of benzene rings is 2. The summed E-state index contributed by atoms with van der Waals surface area (Å²) in [6.07, 6.45) is 0.290. The predicted octanol–water partition coefficient (Wildman–Crippen LogP) is 4.06. The zero-order chi connectivity index (χ0) is 19.1. The summed E-state index contributed by atoms with van der Waals surface area (Å²) < 4.78 is 5.30. The van der Waals surface area contributed by atoms with Gasteiger partial charge in [0.2, 0.25) is 11.8 Å². The summed E-state index contributed by atoms with van der Waals surface area (Å²) in [7, 11) is 1.57. The quantitative estimate of drug-likeness (QED) is 0.682. The van der Waals surface area contributed by atoms with Gasteiger partial charge in [-0.3, -0.25) is 9.59 Å². The number of halogens is 1. The van der Waals surface area contributed by atoms with E-state index in [9.17, 15) is 9.59 Å². The average molecular weight is 376 g/mol. The number of aryl methyl sites for hydroxylation is 1. The molecule has 2 aromatic rings. The van der Waals surface area contributed by atoms with Crippen LogP contribution in [-0.2, 0) is 9.59 Å². The molecule has 6 nitrogen and oxygen atoms in total. The first-order valence-electron chi connectivity index (χ1n) is 8.14. The van der Waals surface area contributed by atoms with Crippen LogP contribution in [0.5, 0.6) is 5.75 Å². The minimum Gasteiger partial charge on any atom is -0.495 e. The Hall–Kier alpha value is -2.73. The van der Waals surface area contributed by atoms with E-state index in [1.807, 2.05) is 13.0 Å². The fourth-order valence-electron chi connectivity index (χ4n) is 2.34. The molecule has 138 valence electrons. The zero-order valence-electron chi connectivity index (χ0n) is 15.0. The van der Waals surface area contributed by atoms with E-state index in [-0.39, 0.29) is 18.2 Å². The van der Waals surface area contributed by atoms with Crippen LogP contribution in [0.15, 0.2) is 36.4 Å². The number of carbonyl (C=O) groups is 2. The van der Waals surface area contributed by atoms with E-state index in [2.05, 4.69) is 16.0 Å². The van der Waals surface area contributed by atoms with Gasteiger partial charge in [-0.25, -0.2) is 0 Å². The third-order valence-electron chi connectivity index (χ3n) is 3.64. The van der Waals surface area contributed by atoms with Crippen LogP contribution in [0.3, 0.4) is 0 Å². The van der Waals surface area contributed by atoms with Crippen LogP contribution in [-0.4, -0.2) is 25.5 Å². The predicted molar refractivity (Wildman–Crippen MR) is 105 cm³/mol. The number of anilines is 3. The molecule has 0 aliphatic carbocycles. The van der Waals surface area contributed by atoms with Crippen molar-refractivity contribution < 1.29 is 14.3 Å². The molecule has 0 aromatic heterocycles. The van der Waals surface area contributed by atoms with Gasteiger partial charge in [-0.05, 0) is 42.8 Å². The lowest BCUT2D eigenvalue weighted by Gasteiger charge is -2.13. The number of hydrogen-bond acceptors (Lipinski definition) is 4. The largest absolute Gasteiger partial charge is 0.495 e. The second-order valence-electron chi connectivity index (χ2n) is 5.79. The van der Waals surface area contributed by atoms with Gasteiger partial charge in [0.25, 0.3) is 0 Å². The molecule has 0 radical (unpaired) electrons. The van der Waals surface area contributed by atoms with E-state index >= 15 is 0 Å². The summed E-state index contributed by atoms with van der Waals surface area (Å²) in [4.78, 5) is 23.1. The van der Waals surface area contributed by atoms with Crippen molar-refractivity contribution in [2.75, 3.05) is 29.6 Å². The number of nitrogens with one attached hydrogen (secondary N) is 3. The van der Waals surface area contributed by atoms with Crippen LogP contribution in [0.2, 0.25) is 5.02 Å². The average Bonchev–Trinajstić information content (AvgIpc) is 2.59. The van der Waals surface area contributed by atoms with Crippen molar-refractivity contribution in [2.45, 2.75) is 20.3 Å². The Bertz CT molecular complexity index is 791. The molecule has 2 rings (SSSR count). The van der Waals surface area contributed by atoms with Gasteiger partial charge in [-0.1, -0.05) is 11.6 Å². The van der Waals surface area contributed by atoms with Gasteiger partial charge in [-0.2, -0.15) is 0 Å². The normalized spacial score (nSPS) is 10.2. The molecule has 0 saturated heterocycles. The van der Waals surface area contributed by atoms with Crippen molar-refractivity contribution in [3.63, 3.8) is 0 Å². The van der Waals surface area contributed by atoms with Crippen LogP contribution < -0.4 is 20.7 Å². The Morgan fingerprint density at radius 1 is 1.08 bits per heavy atom. The van der Waals surface area contributed by atoms with Gasteiger partial charge in [0, 0.05) is 42.4 Å². The van der Waals surface area contributed by atoms with Crippen LogP contribution >= 0.6 is 11.6 Å². The Balaban J connectivity index is 1.86. The number of amides is 2. The first kappa shape index (κ1) is 19.6. The number of carbonyl (C=O) groups excluding carboxylic acids is 2. The molecule has 0 saturated carbocycles. The maximum atomic E-state index is 12.1. The van der Waals surface area contributed by atoms with Crippen LogP contribution in [0.1, 0.15) is 18.9 Å². The lowest BCUT2D eigenvalue weighted by Crippen LogP contribution is -2.16. The molecule has 0 heterocycles. The molecule has 0 aliphatic rings. The van der Waals surface area contributed by atoms with Gasteiger partial charge < -0.3 is 20.7 Å². The minimum absolute atomic E-state index is 0.116. The fourth-order valence-corrected chi connectivity index (χ4v) is 2.50. The third kappa shape index (κ3) is 5.67. The molecule has 2 aromatic carbocycles. The molecule has 0 spiro atoms. The molecule has 3 N–H and O–H groups in total. The van der Waals surface area contributed by atoms with E-state index in [4.69, 9.17) is 16.3 Å². The van der Waals surface area contributed by atoms with Gasteiger partial charge >= 0.3 is 0 Å². The van der Waals surface area contributed by atoms with Crippen LogP contribution in [0.4, 0.5) is 17.1 Å². The molecule has 7 heteroatoms. The van der Waals surface area contributed by atoms with Crippen molar-refractivity contribution in [2.24, 2.45) is 0 Å². The Morgan fingerprint density at radius 3 is 2.27 bits per heavy atom. The Morgan fingerprint density at radius 2 is 1.69 bits per heavy atom. The smallest absolute Gasteiger partial charge is 0.226 e. The van der Waals surface area contributed by atoms with Crippen molar-refractivity contribution in [1.82, 2.24) is 0 Å². The fraction of sp³-hybridized carbons (Fsp3) is 0.263. The number of hydrogen-bond donors (Lipinski definition) is 3. The van der Waals surface area contributed by atoms with Crippen molar-refractivity contribution in [3.8, 4) is 5.75 Å². The monoisotopic (exact) mass is 375 g/mol. The SMILES string of the molecule is COc1cc(Cl)c(C)cc1NCCC(=O)Nc1ccc(NC(C)=O)cc1. The Labute approximate surface area is 157 Å². The maximum Gasteiger partial charge on any atom is 0.226 e. The van der Waals surface area contributed by atoms with E-state index in [1.165, 1.54) is 6.92 Å². The van der Waals surface area contributed by atoms with Crippen LogP contribution in [0.25, 0.3) is 0 Å². The summed E-state index contributed by atoms with van der Waals surface area (Å²) in [6.45, 7) is 3.80. The lowest BCUT2D eigenvalue weighted by molar-refractivity contribution is -0.116. The first-order chi connectivity index (χ1) is 12.4. The highest BCUT2D eigenvalue weighted by molar-refractivity contribution is 6.31. The van der Waals surface area contributed by atoms with E-state index in [1.54, 1.807) is 37.4 Å². The van der Waals surface area contributed by atoms with E-state index in [0.717, 1.165) is 11.3 Å². The highest BCUT2D eigenvalue weighted by atomic mass is 35.5. The van der Waals surface area contributed by atoms with Crippen LogP contribution in [0, 0.1) is 6.92 Å². The molecule has 0 aliphatic heterocycles. The zero-order valence-corrected chi connectivity index (χ0v) is 15.7. The summed E-state index contributed by atoms with van der Waals surface area (Å²) in [5.41, 5.74) is 3.08. The highest BCUT2D eigenvalue weighted by Gasteiger charge is 2.08. The standard InChI is InChI=1S/C19H22ClN3O3/c1-12-10-17(18(26-3)11-16(12)20)21-9-8-19(25)23-15-6-4-14(5-7-15)22-13(2)24/h4-7,10-11,21H,8-9H2,1-3H3,(H,22,24)(H,23,25). The molecule has 0 unspecified atom stereocenters. The Kier molecular flexibility index (Phi) is 6.86. The van der Waals surface area contributed by atoms with Gasteiger partial charge in [0.05, 0.1) is 12.8 Å². The lowest BCUT2D eigenvalue weighted by atomic mass is 10.2. The molecular formula is C19H22ClN3O3. The summed E-state index contributed by atoms with van der Waals surface area (Å²) >= 11 is 6.08. The van der Waals surface area contributed by atoms with E-state index < -0.39 is 0 Å². The molecular weight excluding hydrogens is 354 g/mol. The van der Waals surface area contributed by atoms with Gasteiger partial charge in [0.15, 0.2) is 0 Å². The number of methoxy groups -OCH3 is 1. The van der Waals surface area contributed by atoms with Gasteiger partial charge in [0.1, 0.15) is 5.75 Å². The minimum atomic E-state index is -0.138. The van der Waals surface area contributed by atoms with E-state index in [0.29, 0.717) is 28.7 Å². The molecule has 2 amide bonds. The second kappa shape index (κ2) is 9.10. The van der Waals surface area contributed by atoms with Crippen molar-refractivity contribution >= 4 is 40.5 Å². The maximum absolute atomic E-state index is 12.1. The van der Waals surface area contributed by atoms with Crippen molar-refractivity contribution in [1.29, 1.82) is 0 Å². The molecule has 26 heavy (non-hydrogen) atoms.